The predicted molar refractivity (Wildman–Crippen MR) is 98.5 cm³/mol. The van der Waals surface area contributed by atoms with Gasteiger partial charge in [-0.3, -0.25) is 9.48 Å². The monoisotopic (exact) mass is 373 g/mol. The van der Waals surface area contributed by atoms with Crippen molar-refractivity contribution >= 4 is 28.6 Å². The van der Waals surface area contributed by atoms with Gasteiger partial charge in [-0.2, -0.15) is 0 Å². The zero-order valence-electron chi connectivity index (χ0n) is 13.7. The number of likely N-dealkylation sites (tertiary alicyclic amines) is 1. The van der Waals surface area contributed by atoms with Gasteiger partial charge in [-0.1, -0.05) is 11.3 Å². The first kappa shape index (κ1) is 16.4. The molecule has 130 valence electrons. The van der Waals surface area contributed by atoms with Gasteiger partial charge in [-0.25, -0.2) is 4.98 Å². The van der Waals surface area contributed by atoms with Crippen LogP contribution in [0, 0.1) is 5.92 Å². The van der Waals surface area contributed by atoms with E-state index in [4.69, 9.17) is 0 Å². The van der Waals surface area contributed by atoms with Gasteiger partial charge < -0.3 is 4.90 Å². The highest BCUT2D eigenvalue weighted by Gasteiger charge is 2.23. The topological polar surface area (TPSA) is 63.9 Å². The van der Waals surface area contributed by atoms with Crippen molar-refractivity contribution in [2.75, 3.05) is 13.1 Å². The highest BCUT2D eigenvalue weighted by Crippen LogP contribution is 2.28. The number of piperidine rings is 1. The Kier molecular flexibility index (Phi) is 4.89. The van der Waals surface area contributed by atoms with E-state index < -0.39 is 0 Å². The Bertz CT molecular complexity index is 804. The molecule has 0 unspecified atom stereocenters. The van der Waals surface area contributed by atoms with E-state index in [9.17, 15) is 4.79 Å². The van der Waals surface area contributed by atoms with Gasteiger partial charge in [0, 0.05) is 31.2 Å². The van der Waals surface area contributed by atoms with E-state index in [-0.39, 0.29) is 5.91 Å². The molecule has 0 aliphatic carbocycles. The second kappa shape index (κ2) is 7.45. The van der Waals surface area contributed by atoms with Crippen molar-refractivity contribution in [2.24, 2.45) is 5.92 Å². The first-order valence-corrected chi connectivity index (χ1v) is 10.1. The van der Waals surface area contributed by atoms with Crippen LogP contribution in [-0.2, 0) is 17.8 Å². The molecule has 3 aromatic heterocycles. The second-order valence-corrected chi connectivity index (χ2v) is 8.05. The summed E-state index contributed by atoms with van der Waals surface area (Å²) >= 11 is 3.29. The molecule has 4 rings (SSSR count). The Balaban J connectivity index is 1.29. The molecule has 3 aromatic rings. The molecule has 1 aliphatic heterocycles. The Morgan fingerprint density at radius 2 is 2.16 bits per heavy atom. The molecule has 1 fully saturated rings. The van der Waals surface area contributed by atoms with E-state index in [1.807, 2.05) is 32.6 Å². The summed E-state index contributed by atoms with van der Waals surface area (Å²) in [6.45, 7) is 2.53. The number of nitrogens with zero attached hydrogens (tertiary/aromatic N) is 5. The van der Waals surface area contributed by atoms with E-state index in [0.29, 0.717) is 12.3 Å². The molecule has 1 saturated heterocycles. The molecular formula is C17H19N5OS2. The number of carbonyl (C=O) groups is 1. The number of hydrogen-bond donors (Lipinski definition) is 0. The van der Waals surface area contributed by atoms with Crippen LogP contribution >= 0.6 is 22.7 Å². The Morgan fingerprint density at radius 3 is 2.88 bits per heavy atom. The summed E-state index contributed by atoms with van der Waals surface area (Å²) in [5.41, 5.74) is 0.878. The number of amides is 1. The quantitative estimate of drug-likeness (QED) is 0.690. The minimum Gasteiger partial charge on any atom is -0.342 e. The van der Waals surface area contributed by atoms with E-state index in [2.05, 4.69) is 21.4 Å². The number of rotatable bonds is 5. The van der Waals surface area contributed by atoms with Crippen molar-refractivity contribution in [2.45, 2.75) is 25.8 Å². The minimum atomic E-state index is 0.183. The lowest BCUT2D eigenvalue weighted by Gasteiger charge is -2.31. The molecule has 0 radical (unpaired) electrons. The lowest BCUT2D eigenvalue weighted by Crippen LogP contribution is -2.40. The van der Waals surface area contributed by atoms with Crippen LogP contribution in [0.1, 0.15) is 18.5 Å². The fraction of sp³-hybridized carbons (Fsp3) is 0.412. The normalized spacial score (nSPS) is 15.6. The summed E-state index contributed by atoms with van der Waals surface area (Å²) in [7, 11) is 0. The van der Waals surface area contributed by atoms with Crippen LogP contribution in [0.3, 0.4) is 0 Å². The van der Waals surface area contributed by atoms with Gasteiger partial charge in [0.25, 0.3) is 0 Å². The van der Waals surface area contributed by atoms with Crippen LogP contribution < -0.4 is 0 Å². The second-order valence-electron chi connectivity index (χ2n) is 6.25. The maximum atomic E-state index is 12.6. The van der Waals surface area contributed by atoms with Crippen molar-refractivity contribution < 1.29 is 4.79 Å². The average Bonchev–Trinajstić information content (AvgIpc) is 3.38. The van der Waals surface area contributed by atoms with E-state index in [0.717, 1.165) is 48.1 Å². The number of thiazole rings is 1. The molecule has 0 bridgehead atoms. The maximum Gasteiger partial charge on any atom is 0.228 e. The van der Waals surface area contributed by atoms with Gasteiger partial charge in [0.05, 0.1) is 23.2 Å². The predicted octanol–water partition coefficient (Wildman–Crippen LogP) is 2.94. The fourth-order valence-electron chi connectivity index (χ4n) is 3.13. The first-order chi connectivity index (χ1) is 12.3. The first-order valence-electron chi connectivity index (χ1n) is 8.38. The summed E-state index contributed by atoms with van der Waals surface area (Å²) in [6, 6.07) is 4.09. The summed E-state index contributed by atoms with van der Waals surface area (Å²) < 4.78 is 1.88. The van der Waals surface area contributed by atoms with Crippen LogP contribution in [0.2, 0.25) is 0 Å². The molecule has 1 amide bonds. The van der Waals surface area contributed by atoms with Crippen LogP contribution in [0.4, 0.5) is 0 Å². The van der Waals surface area contributed by atoms with Gasteiger partial charge in [-0.05, 0) is 30.2 Å². The zero-order valence-corrected chi connectivity index (χ0v) is 15.4. The summed E-state index contributed by atoms with van der Waals surface area (Å²) in [4.78, 5) is 20.3. The van der Waals surface area contributed by atoms with Gasteiger partial charge in [0.1, 0.15) is 5.01 Å². The standard InChI is InChI=1S/C17H19N5OS2/c23-16(10-14-12-25-17(19-14)15-2-1-9-24-15)21-6-3-13(4-7-21)11-22-8-5-18-20-22/h1-2,5,8-9,12-13H,3-4,6-7,10-11H2. The molecule has 4 heterocycles. The summed E-state index contributed by atoms with van der Waals surface area (Å²) in [5.74, 6) is 0.748. The summed E-state index contributed by atoms with van der Waals surface area (Å²) in [5, 5.41) is 12.9. The van der Waals surface area contributed by atoms with Crippen LogP contribution in [0.5, 0.6) is 0 Å². The Morgan fingerprint density at radius 1 is 1.28 bits per heavy atom. The van der Waals surface area contributed by atoms with Gasteiger partial charge in [0.15, 0.2) is 0 Å². The Labute approximate surface area is 154 Å². The highest BCUT2D eigenvalue weighted by atomic mass is 32.1. The van der Waals surface area contributed by atoms with Gasteiger partial charge >= 0.3 is 0 Å². The number of hydrogen-bond acceptors (Lipinski definition) is 6. The molecule has 0 aromatic carbocycles. The molecule has 8 heteroatoms. The third kappa shape index (κ3) is 3.96. The van der Waals surface area contributed by atoms with Gasteiger partial charge in [0.2, 0.25) is 5.91 Å². The number of aromatic nitrogens is 4. The number of thiophene rings is 1. The fourth-order valence-corrected chi connectivity index (χ4v) is 4.76. The van der Waals surface area contributed by atoms with Crippen molar-refractivity contribution in [1.82, 2.24) is 24.9 Å². The molecule has 0 spiro atoms. The molecule has 0 atom stereocenters. The van der Waals surface area contributed by atoms with E-state index >= 15 is 0 Å². The van der Waals surface area contributed by atoms with Crippen molar-refractivity contribution in [3.8, 4) is 9.88 Å². The maximum absolute atomic E-state index is 12.6. The third-order valence-corrected chi connectivity index (χ3v) is 6.43. The van der Waals surface area contributed by atoms with Crippen LogP contribution in [0.25, 0.3) is 9.88 Å². The average molecular weight is 374 g/mol. The molecule has 6 nitrogen and oxygen atoms in total. The van der Waals surface area contributed by atoms with Gasteiger partial charge in [-0.15, -0.1) is 27.8 Å². The number of carbonyl (C=O) groups excluding carboxylic acids is 1. The minimum absolute atomic E-state index is 0.183. The molecule has 1 aliphatic rings. The third-order valence-electron chi connectivity index (χ3n) is 4.50. The largest absolute Gasteiger partial charge is 0.342 e. The van der Waals surface area contributed by atoms with Crippen molar-refractivity contribution in [3.63, 3.8) is 0 Å². The lowest BCUT2D eigenvalue weighted by atomic mass is 9.96. The molecule has 25 heavy (non-hydrogen) atoms. The lowest BCUT2D eigenvalue weighted by molar-refractivity contribution is -0.131. The van der Waals surface area contributed by atoms with E-state index in [1.165, 1.54) is 0 Å². The Hall–Kier alpha value is -2.06. The molecule has 0 saturated carbocycles. The molecule has 0 N–H and O–H groups in total. The van der Waals surface area contributed by atoms with Crippen molar-refractivity contribution in [3.05, 3.63) is 41.0 Å². The van der Waals surface area contributed by atoms with Crippen LogP contribution in [-0.4, -0.2) is 43.9 Å². The zero-order chi connectivity index (χ0) is 17.1. The summed E-state index contributed by atoms with van der Waals surface area (Å²) in [6.07, 6.45) is 6.03. The van der Waals surface area contributed by atoms with Crippen LogP contribution in [0.15, 0.2) is 35.3 Å². The van der Waals surface area contributed by atoms with E-state index in [1.54, 1.807) is 28.9 Å². The molecular weight excluding hydrogens is 354 g/mol. The van der Waals surface area contributed by atoms with Crippen molar-refractivity contribution in [1.29, 1.82) is 0 Å². The highest BCUT2D eigenvalue weighted by molar-refractivity contribution is 7.20. The SMILES string of the molecule is O=C(Cc1csc(-c2cccs2)n1)N1CCC(Cn2ccnn2)CC1. The smallest absolute Gasteiger partial charge is 0.228 e.